The Balaban J connectivity index is 3.07. The van der Waals surface area contributed by atoms with Crippen LogP contribution in [0.3, 0.4) is 0 Å². The van der Waals surface area contributed by atoms with E-state index in [4.69, 9.17) is 15.9 Å². The average Bonchev–Trinajstić information content (AvgIpc) is 1.99. The Kier molecular flexibility index (Phi) is 2.57. The molecular weight excluding hydrogens is 199 g/mol. The molecule has 0 unspecified atom stereocenters. The topological polar surface area (TPSA) is 66.5 Å². The molecule has 0 aromatic heterocycles. The van der Waals surface area contributed by atoms with Gasteiger partial charge in [0.2, 0.25) is 0 Å². The molecule has 1 aromatic rings. The lowest BCUT2D eigenvalue weighted by Crippen LogP contribution is -2.28. The third kappa shape index (κ3) is 2.29. The lowest BCUT2D eigenvalue weighted by molar-refractivity contribution is -0.149. The van der Waals surface area contributed by atoms with Crippen LogP contribution in [0.5, 0.6) is 11.5 Å². The summed E-state index contributed by atoms with van der Waals surface area (Å²) in [6.45, 7) is 0. The summed E-state index contributed by atoms with van der Waals surface area (Å²) in [7, 11) is 0. The SMILES string of the molecule is N[C@@H](c1cc(O)cc(O)c1)C(F)(F)F. The van der Waals surface area contributed by atoms with Crippen LogP contribution in [-0.4, -0.2) is 16.4 Å². The summed E-state index contributed by atoms with van der Waals surface area (Å²) >= 11 is 0. The molecule has 1 rings (SSSR count). The molecule has 0 aliphatic heterocycles. The smallest absolute Gasteiger partial charge is 0.407 e. The largest absolute Gasteiger partial charge is 0.508 e. The minimum absolute atomic E-state index is 0.380. The number of aromatic hydroxyl groups is 2. The number of phenolic OH excluding ortho intramolecular Hbond substituents is 2. The van der Waals surface area contributed by atoms with Gasteiger partial charge in [-0.2, -0.15) is 13.2 Å². The zero-order valence-corrected chi connectivity index (χ0v) is 6.92. The van der Waals surface area contributed by atoms with Crippen LogP contribution < -0.4 is 5.73 Å². The molecule has 4 N–H and O–H groups in total. The number of hydrogen-bond acceptors (Lipinski definition) is 3. The van der Waals surface area contributed by atoms with Crippen molar-refractivity contribution in [1.82, 2.24) is 0 Å². The van der Waals surface area contributed by atoms with Gasteiger partial charge >= 0.3 is 6.18 Å². The second-order valence-electron chi connectivity index (χ2n) is 2.80. The highest BCUT2D eigenvalue weighted by Gasteiger charge is 2.38. The Hall–Kier alpha value is -1.43. The number of benzene rings is 1. The Morgan fingerprint density at radius 3 is 1.86 bits per heavy atom. The summed E-state index contributed by atoms with van der Waals surface area (Å²) in [4.78, 5) is 0. The van der Waals surface area contributed by atoms with Crippen LogP contribution >= 0.6 is 0 Å². The molecule has 3 nitrogen and oxygen atoms in total. The first-order valence-corrected chi connectivity index (χ1v) is 3.66. The molecule has 0 amide bonds. The maximum absolute atomic E-state index is 12.1. The highest BCUT2D eigenvalue weighted by molar-refractivity contribution is 5.38. The summed E-state index contributed by atoms with van der Waals surface area (Å²) < 4.78 is 36.3. The Bertz CT molecular complexity index is 318. The summed E-state index contributed by atoms with van der Waals surface area (Å²) in [6, 6.07) is 0.433. The molecule has 0 heterocycles. The summed E-state index contributed by atoms with van der Waals surface area (Å²) in [6.07, 6.45) is -4.60. The molecule has 0 radical (unpaired) electrons. The van der Waals surface area contributed by atoms with E-state index in [-0.39, 0.29) is 5.56 Å². The molecule has 0 saturated heterocycles. The van der Waals surface area contributed by atoms with Gasteiger partial charge in [-0.05, 0) is 17.7 Å². The number of alkyl halides is 3. The minimum Gasteiger partial charge on any atom is -0.508 e. The number of hydrogen-bond donors (Lipinski definition) is 3. The van der Waals surface area contributed by atoms with Gasteiger partial charge in [0, 0.05) is 6.07 Å². The van der Waals surface area contributed by atoms with Crippen molar-refractivity contribution in [2.45, 2.75) is 12.2 Å². The van der Waals surface area contributed by atoms with Crippen molar-refractivity contribution in [3.8, 4) is 11.5 Å². The van der Waals surface area contributed by atoms with Gasteiger partial charge in [0.1, 0.15) is 17.5 Å². The second-order valence-corrected chi connectivity index (χ2v) is 2.80. The average molecular weight is 207 g/mol. The van der Waals surface area contributed by atoms with Crippen molar-refractivity contribution in [2.75, 3.05) is 0 Å². The van der Waals surface area contributed by atoms with Crippen LogP contribution in [0.1, 0.15) is 11.6 Å². The maximum atomic E-state index is 12.1. The number of rotatable bonds is 1. The van der Waals surface area contributed by atoms with E-state index in [9.17, 15) is 13.2 Å². The Morgan fingerprint density at radius 1 is 1.07 bits per heavy atom. The highest BCUT2D eigenvalue weighted by atomic mass is 19.4. The fourth-order valence-electron chi connectivity index (χ4n) is 0.987. The van der Waals surface area contributed by atoms with Crippen molar-refractivity contribution in [1.29, 1.82) is 0 Å². The van der Waals surface area contributed by atoms with Crippen molar-refractivity contribution >= 4 is 0 Å². The molecule has 0 aliphatic carbocycles. The van der Waals surface area contributed by atoms with E-state index < -0.39 is 23.7 Å². The molecule has 0 aliphatic rings. The molecule has 1 aromatic carbocycles. The lowest BCUT2D eigenvalue weighted by Gasteiger charge is -2.16. The molecule has 6 heteroatoms. The lowest BCUT2D eigenvalue weighted by atomic mass is 10.1. The van der Waals surface area contributed by atoms with E-state index in [0.29, 0.717) is 0 Å². The van der Waals surface area contributed by atoms with Crippen LogP contribution in [0.25, 0.3) is 0 Å². The van der Waals surface area contributed by atoms with E-state index >= 15 is 0 Å². The van der Waals surface area contributed by atoms with Gasteiger partial charge in [0.15, 0.2) is 0 Å². The first-order chi connectivity index (χ1) is 6.30. The monoisotopic (exact) mass is 207 g/mol. The molecule has 14 heavy (non-hydrogen) atoms. The third-order valence-electron chi connectivity index (χ3n) is 1.64. The maximum Gasteiger partial charge on any atom is 0.407 e. The van der Waals surface area contributed by atoms with Crippen LogP contribution in [0.15, 0.2) is 18.2 Å². The van der Waals surface area contributed by atoms with E-state index in [1.54, 1.807) is 0 Å². The predicted molar refractivity (Wildman–Crippen MR) is 42.8 cm³/mol. The summed E-state index contributed by atoms with van der Waals surface area (Å²) in [5, 5.41) is 17.9. The van der Waals surface area contributed by atoms with Crippen LogP contribution in [-0.2, 0) is 0 Å². The van der Waals surface area contributed by atoms with Crippen molar-refractivity contribution in [3.05, 3.63) is 23.8 Å². The normalized spacial score (nSPS) is 14.0. The molecule has 0 bridgehead atoms. The highest BCUT2D eigenvalue weighted by Crippen LogP contribution is 2.33. The van der Waals surface area contributed by atoms with E-state index in [1.807, 2.05) is 0 Å². The van der Waals surface area contributed by atoms with Crippen LogP contribution in [0.4, 0.5) is 13.2 Å². The van der Waals surface area contributed by atoms with Gasteiger partial charge in [-0.25, -0.2) is 0 Å². The fourth-order valence-corrected chi connectivity index (χ4v) is 0.987. The van der Waals surface area contributed by atoms with Crippen molar-refractivity contribution in [2.24, 2.45) is 5.73 Å². The van der Waals surface area contributed by atoms with Gasteiger partial charge in [0.05, 0.1) is 0 Å². The Labute approximate surface area is 77.6 Å². The second kappa shape index (κ2) is 3.38. The summed E-state index contributed by atoms with van der Waals surface area (Å²) in [5.41, 5.74) is 4.48. The predicted octanol–water partition coefficient (Wildman–Crippen LogP) is 1.66. The third-order valence-corrected chi connectivity index (χ3v) is 1.64. The van der Waals surface area contributed by atoms with Crippen molar-refractivity contribution in [3.63, 3.8) is 0 Å². The fraction of sp³-hybridized carbons (Fsp3) is 0.250. The van der Waals surface area contributed by atoms with Gasteiger partial charge in [-0.3, -0.25) is 0 Å². The standard InChI is InChI=1S/C8H8F3NO2/c9-8(10,11)7(12)4-1-5(13)3-6(14)2-4/h1-3,7,13-14H,12H2/t7-/m0/s1. The molecule has 0 fully saturated rings. The molecule has 78 valence electrons. The Morgan fingerprint density at radius 2 is 1.50 bits per heavy atom. The quantitative estimate of drug-likeness (QED) is 0.656. The van der Waals surface area contributed by atoms with Crippen molar-refractivity contribution < 1.29 is 23.4 Å². The van der Waals surface area contributed by atoms with Gasteiger partial charge in [-0.15, -0.1) is 0 Å². The van der Waals surface area contributed by atoms with Gasteiger partial charge in [0.25, 0.3) is 0 Å². The van der Waals surface area contributed by atoms with E-state index in [1.165, 1.54) is 0 Å². The molecule has 1 atom stereocenters. The number of halogens is 3. The van der Waals surface area contributed by atoms with Gasteiger partial charge in [-0.1, -0.05) is 0 Å². The van der Waals surface area contributed by atoms with E-state index in [2.05, 4.69) is 0 Å². The minimum atomic E-state index is -4.60. The zero-order valence-electron chi connectivity index (χ0n) is 6.92. The summed E-state index contributed by atoms with van der Waals surface area (Å²) in [5.74, 6) is -0.917. The molecule has 0 saturated carbocycles. The first-order valence-electron chi connectivity index (χ1n) is 3.66. The number of nitrogens with two attached hydrogens (primary N) is 1. The van der Waals surface area contributed by atoms with E-state index in [0.717, 1.165) is 18.2 Å². The molecular formula is C8H8F3NO2. The van der Waals surface area contributed by atoms with Crippen LogP contribution in [0, 0.1) is 0 Å². The molecule has 0 spiro atoms. The zero-order chi connectivity index (χ0) is 10.9. The van der Waals surface area contributed by atoms with Crippen LogP contribution in [0.2, 0.25) is 0 Å². The first kappa shape index (κ1) is 10.6. The van der Waals surface area contributed by atoms with Gasteiger partial charge < -0.3 is 15.9 Å². The number of phenols is 2.